The molecule has 1 N–H and O–H groups in total. The second kappa shape index (κ2) is 13.0. The number of hydrogen-bond acceptors (Lipinski definition) is 7. The lowest BCUT2D eigenvalue weighted by Crippen LogP contribution is -2.40. The number of anilines is 1. The van der Waals surface area contributed by atoms with Gasteiger partial charge < -0.3 is 9.47 Å². The summed E-state index contributed by atoms with van der Waals surface area (Å²) in [5.41, 5.74) is 4.12. The van der Waals surface area contributed by atoms with Crippen LogP contribution in [0.3, 0.4) is 0 Å². The summed E-state index contributed by atoms with van der Waals surface area (Å²) >= 11 is 6.26. The molecule has 0 spiro atoms. The number of ether oxygens (including phenoxy) is 2. The minimum Gasteiger partial charge on any atom is -0.482 e. The van der Waals surface area contributed by atoms with Crippen molar-refractivity contribution in [1.82, 2.24) is 5.43 Å². The van der Waals surface area contributed by atoms with Crippen LogP contribution < -0.4 is 14.5 Å². The van der Waals surface area contributed by atoms with E-state index in [1.54, 1.807) is 82.3 Å². The zero-order valence-corrected chi connectivity index (χ0v) is 24.5. The first kappa shape index (κ1) is 30.6. The van der Waals surface area contributed by atoms with Crippen LogP contribution in [0.4, 0.5) is 5.69 Å². The molecule has 0 aromatic heterocycles. The number of carbonyl (C=O) groups excluding carboxylic acids is 2. The average Bonchev–Trinajstić information content (AvgIpc) is 2.88. The topological polar surface area (TPSA) is 114 Å². The fraction of sp³-hybridized carbons (Fsp3) is 0.276. The molecule has 0 saturated carbocycles. The molecular formula is C29H32ClN3O6S. The summed E-state index contributed by atoms with van der Waals surface area (Å²) in [5, 5.41) is 4.33. The van der Waals surface area contributed by atoms with Crippen molar-refractivity contribution >= 4 is 45.4 Å². The third-order valence-electron chi connectivity index (χ3n) is 5.46. The molecule has 11 heteroatoms. The van der Waals surface area contributed by atoms with Crippen LogP contribution in [0.15, 0.2) is 76.7 Å². The van der Waals surface area contributed by atoms with Gasteiger partial charge in [0, 0.05) is 5.02 Å². The monoisotopic (exact) mass is 585 g/mol. The smallest absolute Gasteiger partial charge is 0.344 e. The molecule has 40 heavy (non-hydrogen) atoms. The van der Waals surface area contributed by atoms with Crippen molar-refractivity contribution in [3.8, 4) is 5.75 Å². The molecular weight excluding hydrogens is 554 g/mol. The molecule has 0 aliphatic carbocycles. The number of amides is 1. The molecule has 0 aliphatic heterocycles. The number of carbonyl (C=O) groups is 2. The van der Waals surface area contributed by atoms with Crippen LogP contribution in [0.1, 0.15) is 37.5 Å². The van der Waals surface area contributed by atoms with Crippen molar-refractivity contribution in [1.29, 1.82) is 0 Å². The molecule has 0 aliphatic rings. The summed E-state index contributed by atoms with van der Waals surface area (Å²) in [6.07, 6.45) is 1.40. The van der Waals surface area contributed by atoms with E-state index in [-0.39, 0.29) is 17.2 Å². The molecule has 0 atom stereocenters. The van der Waals surface area contributed by atoms with E-state index in [1.807, 2.05) is 6.92 Å². The van der Waals surface area contributed by atoms with Gasteiger partial charge in [-0.3, -0.25) is 9.10 Å². The first-order valence-electron chi connectivity index (χ1n) is 12.4. The molecule has 0 radical (unpaired) electrons. The van der Waals surface area contributed by atoms with Crippen molar-refractivity contribution in [3.05, 3.63) is 88.4 Å². The highest BCUT2D eigenvalue weighted by Gasteiger charge is 2.28. The Bertz CT molecular complexity index is 1480. The number of sulfonamides is 1. The van der Waals surface area contributed by atoms with Crippen LogP contribution in [0.25, 0.3) is 0 Å². The third-order valence-corrected chi connectivity index (χ3v) is 7.65. The first-order chi connectivity index (χ1) is 18.8. The SMILES string of the molecule is Cc1ccc(S(=O)(=O)N(CC(=O)N/N=C\c2ccc(OCC(=O)OC(C)(C)C)cc2)c2cccc(Cl)c2C)cc1. The minimum absolute atomic E-state index is 0.0442. The second-order valence-electron chi connectivity index (χ2n) is 9.95. The van der Waals surface area contributed by atoms with E-state index in [9.17, 15) is 18.0 Å². The van der Waals surface area contributed by atoms with Gasteiger partial charge in [0.25, 0.3) is 15.9 Å². The standard InChI is InChI=1S/C29H32ClN3O6S/c1-20-9-15-24(16-10-20)40(36,37)33(26-8-6-7-25(30)21(26)2)18-27(34)32-31-17-22-11-13-23(14-12-22)38-19-28(35)39-29(3,4)5/h6-17H,18-19H2,1-5H3,(H,32,34)/b31-17-. The van der Waals surface area contributed by atoms with Gasteiger partial charge in [-0.25, -0.2) is 18.6 Å². The van der Waals surface area contributed by atoms with Gasteiger partial charge in [-0.1, -0.05) is 35.4 Å². The van der Waals surface area contributed by atoms with Gasteiger partial charge in [0.1, 0.15) is 17.9 Å². The fourth-order valence-corrected chi connectivity index (χ4v) is 5.16. The summed E-state index contributed by atoms with van der Waals surface area (Å²) in [6, 6.07) is 17.9. The van der Waals surface area contributed by atoms with E-state index in [1.165, 1.54) is 18.3 Å². The lowest BCUT2D eigenvalue weighted by Gasteiger charge is -2.25. The largest absolute Gasteiger partial charge is 0.482 e. The lowest BCUT2D eigenvalue weighted by molar-refractivity contribution is -0.157. The van der Waals surface area contributed by atoms with Crippen molar-refractivity contribution in [3.63, 3.8) is 0 Å². The summed E-state index contributed by atoms with van der Waals surface area (Å²) in [7, 11) is -4.09. The zero-order chi connectivity index (χ0) is 29.5. The van der Waals surface area contributed by atoms with Crippen molar-refractivity contribution in [2.75, 3.05) is 17.5 Å². The van der Waals surface area contributed by atoms with Gasteiger partial charge >= 0.3 is 5.97 Å². The molecule has 0 heterocycles. The van der Waals surface area contributed by atoms with Crippen molar-refractivity contribution < 1.29 is 27.5 Å². The molecule has 9 nitrogen and oxygen atoms in total. The minimum atomic E-state index is -4.09. The number of aryl methyl sites for hydroxylation is 1. The van der Waals surface area contributed by atoms with Crippen LogP contribution in [0, 0.1) is 13.8 Å². The molecule has 0 unspecified atom stereocenters. The van der Waals surface area contributed by atoms with Gasteiger partial charge in [0.2, 0.25) is 0 Å². The Morgan fingerprint density at radius 2 is 1.65 bits per heavy atom. The maximum atomic E-state index is 13.6. The number of nitrogens with one attached hydrogen (secondary N) is 1. The maximum Gasteiger partial charge on any atom is 0.344 e. The number of hydrogen-bond donors (Lipinski definition) is 1. The van der Waals surface area contributed by atoms with E-state index >= 15 is 0 Å². The average molecular weight is 586 g/mol. The van der Waals surface area contributed by atoms with Crippen molar-refractivity contribution in [2.24, 2.45) is 5.10 Å². The molecule has 3 aromatic carbocycles. The highest BCUT2D eigenvalue weighted by molar-refractivity contribution is 7.92. The zero-order valence-electron chi connectivity index (χ0n) is 23.0. The Morgan fingerprint density at radius 3 is 2.27 bits per heavy atom. The second-order valence-corrected chi connectivity index (χ2v) is 12.2. The summed E-state index contributed by atoms with van der Waals surface area (Å²) in [5.74, 6) is -0.670. The quantitative estimate of drug-likeness (QED) is 0.203. The number of halogens is 1. The molecule has 0 bridgehead atoms. The van der Waals surface area contributed by atoms with E-state index in [0.717, 1.165) is 9.87 Å². The third kappa shape index (κ3) is 8.56. The van der Waals surface area contributed by atoms with Crippen LogP contribution >= 0.6 is 11.6 Å². The Kier molecular flexibility index (Phi) is 9.94. The van der Waals surface area contributed by atoms with Crippen LogP contribution in [0.5, 0.6) is 5.75 Å². The summed E-state index contributed by atoms with van der Waals surface area (Å²) < 4.78 is 38.8. The number of rotatable bonds is 10. The summed E-state index contributed by atoms with van der Waals surface area (Å²) in [6.45, 7) is 8.11. The van der Waals surface area contributed by atoms with Gasteiger partial charge in [-0.15, -0.1) is 0 Å². The van der Waals surface area contributed by atoms with Gasteiger partial charge in [-0.2, -0.15) is 5.10 Å². The van der Waals surface area contributed by atoms with Gasteiger partial charge in [0.05, 0.1) is 16.8 Å². The van der Waals surface area contributed by atoms with Crippen LogP contribution in [-0.4, -0.2) is 45.3 Å². The molecule has 0 saturated heterocycles. The molecule has 0 fully saturated rings. The first-order valence-corrected chi connectivity index (χ1v) is 14.2. The number of hydrazone groups is 1. The summed E-state index contributed by atoms with van der Waals surface area (Å²) in [4.78, 5) is 24.7. The van der Waals surface area contributed by atoms with E-state index < -0.39 is 34.0 Å². The lowest BCUT2D eigenvalue weighted by atomic mass is 10.2. The van der Waals surface area contributed by atoms with Crippen molar-refractivity contribution in [2.45, 2.75) is 45.1 Å². The maximum absolute atomic E-state index is 13.6. The van der Waals surface area contributed by atoms with E-state index in [0.29, 0.717) is 21.9 Å². The van der Waals surface area contributed by atoms with Gasteiger partial charge in [0.15, 0.2) is 6.61 Å². The fourth-order valence-electron chi connectivity index (χ4n) is 3.51. The predicted octanol–water partition coefficient (Wildman–Crippen LogP) is 5.02. The Hall–Kier alpha value is -3.89. The molecule has 212 valence electrons. The van der Waals surface area contributed by atoms with Crippen LogP contribution in [0.2, 0.25) is 5.02 Å². The highest BCUT2D eigenvalue weighted by atomic mass is 35.5. The predicted molar refractivity (Wildman–Crippen MR) is 155 cm³/mol. The van der Waals surface area contributed by atoms with Gasteiger partial charge in [-0.05, 0) is 94.3 Å². The van der Waals surface area contributed by atoms with E-state index in [4.69, 9.17) is 21.1 Å². The van der Waals surface area contributed by atoms with Crippen LogP contribution in [-0.2, 0) is 24.3 Å². The number of esters is 1. The number of nitrogens with zero attached hydrogens (tertiary/aromatic N) is 2. The molecule has 1 amide bonds. The molecule has 3 aromatic rings. The van der Waals surface area contributed by atoms with E-state index in [2.05, 4.69) is 10.5 Å². The number of benzene rings is 3. The highest BCUT2D eigenvalue weighted by Crippen LogP contribution is 2.30. The Labute approximate surface area is 239 Å². The Morgan fingerprint density at radius 1 is 1.00 bits per heavy atom. The Balaban J connectivity index is 1.69. The molecule has 3 rings (SSSR count). The normalized spacial score (nSPS) is 11.8.